The first-order valence-corrected chi connectivity index (χ1v) is 10.6. The van der Waals surface area contributed by atoms with Gasteiger partial charge in [0, 0.05) is 29.5 Å². The van der Waals surface area contributed by atoms with Crippen molar-refractivity contribution in [3.63, 3.8) is 0 Å². The molecule has 154 valence electrons. The average Bonchev–Trinajstić information content (AvgIpc) is 2.68. The van der Waals surface area contributed by atoms with Crippen LogP contribution in [0.4, 0.5) is 17.1 Å². The Balaban J connectivity index is 1.68. The molecule has 0 unspecified atom stereocenters. The average molecular weight is 423 g/mol. The number of aryl methyl sites for hydroxylation is 1. The van der Waals surface area contributed by atoms with E-state index in [1.54, 1.807) is 36.4 Å². The maximum atomic E-state index is 12.5. The molecule has 0 aliphatic rings. The van der Waals surface area contributed by atoms with Crippen LogP contribution >= 0.6 is 0 Å². The Kier molecular flexibility index (Phi) is 6.17. The van der Waals surface area contributed by atoms with Gasteiger partial charge in [-0.25, -0.2) is 8.42 Å². The van der Waals surface area contributed by atoms with Gasteiger partial charge in [0.15, 0.2) is 0 Å². The summed E-state index contributed by atoms with van der Waals surface area (Å²) in [6, 6.07) is 19.4. The number of anilines is 3. The van der Waals surface area contributed by atoms with E-state index in [0.29, 0.717) is 22.6 Å². The predicted molar refractivity (Wildman–Crippen MR) is 117 cm³/mol. The molecule has 7 nitrogen and oxygen atoms in total. The molecule has 0 heterocycles. The Bertz CT molecular complexity index is 1170. The number of hydrogen-bond donors (Lipinski definition) is 3. The second-order valence-corrected chi connectivity index (χ2v) is 8.39. The molecule has 0 radical (unpaired) electrons. The molecule has 0 aliphatic carbocycles. The highest BCUT2D eigenvalue weighted by Gasteiger charge is 2.14. The molecule has 3 rings (SSSR count). The summed E-state index contributed by atoms with van der Waals surface area (Å²) in [6.07, 6.45) is 0. The largest absolute Gasteiger partial charge is 0.326 e. The Morgan fingerprint density at radius 2 is 1.37 bits per heavy atom. The molecule has 0 saturated carbocycles. The molecule has 0 saturated heterocycles. The second kappa shape index (κ2) is 8.79. The number of benzene rings is 3. The fourth-order valence-corrected chi connectivity index (χ4v) is 3.76. The highest BCUT2D eigenvalue weighted by Crippen LogP contribution is 2.19. The Morgan fingerprint density at radius 3 is 1.97 bits per heavy atom. The third-order valence-electron chi connectivity index (χ3n) is 4.17. The minimum Gasteiger partial charge on any atom is -0.326 e. The zero-order valence-corrected chi connectivity index (χ0v) is 17.3. The summed E-state index contributed by atoms with van der Waals surface area (Å²) >= 11 is 0. The van der Waals surface area contributed by atoms with Crippen molar-refractivity contribution in [1.29, 1.82) is 0 Å². The lowest BCUT2D eigenvalue weighted by Gasteiger charge is -2.10. The molecule has 0 bridgehead atoms. The normalized spacial score (nSPS) is 10.9. The van der Waals surface area contributed by atoms with Gasteiger partial charge in [-0.05, 0) is 61.5 Å². The molecule has 0 spiro atoms. The van der Waals surface area contributed by atoms with E-state index in [0.717, 1.165) is 5.56 Å². The zero-order chi connectivity index (χ0) is 21.7. The highest BCUT2D eigenvalue weighted by molar-refractivity contribution is 7.92. The lowest BCUT2D eigenvalue weighted by atomic mass is 10.2. The number of rotatable bonds is 6. The molecule has 0 atom stereocenters. The highest BCUT2D eigenvalue weighted by atomic mass is 32.2. The number of nitrogens with one attached hydrogen (secondary N) is 3. The molecule has 2 amide bonds. The summed E-state index contributed by atoms with van der Waals surface area (Å²) in [6.45, 7) is 3.28. The van der Waals surface area contributed by atoms with Crippen LogP contribution in [0.1, 0.15) is 22.8 Å². The van der Waals surface area contributed by atoms with E-state index >= 15 is 0 Å². The molecule has 3 N–H and O–H groups in total. The van der Waals surface area contributed by atoms with Crippen LogP contribution in [0.15, 0.2) is 77.7 Å². The maximum Gasteiger partial charge on any atom is 0.261 e. The number of sulfonamides is 1. The van der Waals surface area contributed by atoms with Crippen LogP contribution in [-0.4, -0.2) is 20.2 Å². The molecule has 3 aromatic carbocycles. The zero-order valence-electron chi connectivity index (χ0n) is 16.5. The van der Waals surface area contributed by atoms with Crippen molar-refractivity contribution in [1.82, 2.24) is 0 Å². The van der Waals surface area contributed by atoms with Crippen LogP contribution in [0.5, 0.6) is 0 Å². The number of amides is 2. The molecule has 0 fully saturated rings. The minimum atomic E-state index is -3.71. The van der Waals surface area contributed by atoms with Crippen molar-refractivity contribution >= 4 is 38.9 Å². The first-order valence-electron chi connectivity index (χ1n) is 9.11. The van der Waals surface area contributed by atoms with Crippen LogP contribution in [0.2, 0.25) is 0 Å². The first-order chi connectivity index (χ1) is 14.2. The molecule has 3 aromatic rings. The standard InChI is InChI=1S/C22H21N3O4S/c1-15-6-12-21(13-7-15)30(28,29)25-18-10-8-17(9-11-18)22(27)24-20-5-3-4-19(14-20)23-16(2)26/h3-14,25H,1-2H3,(H,23,26)(H,24,27). The summed E-state index contributed by atoms with van der Waals surface area (Å²) < 4.78 is 27.4. The van der Waals surface area contributed by atoms with E-state index in [4.69, 9.17) is 0 Å². The van der Waals surface area contributed by atoms with Crippen molar-refractivity contribution in [2.24, 2.45) is 0 Å². The van der Waals surface area contributed by atoms with Gasteiger partial charge < -0.3 is 10.6 Å². The number of carbonyl (C=O) groups is 2. The quantitative estimate of drug-likeness (QED) is 0.557. The topological polar surface area (TPSA) is 104 Å². The van der Waals surface area contributed by atoms with Crippen LogP contribution in [0.3, 0.4) is 0 Å². The van der Waals surface area contributed by atoms with Crippen molar-refractivity contribution in [2.45, 2.75) is 18.7 Å². The lowest BCUT2D eigenvalue weighted by molar-refractivity contribution is -0.114. The van der Waals surface area contributed by atoms with Crippen molar-refractivity contribution in [3.8, 4) is 0 Å². The first kappa shape index (κ1) is 21.1. The molecule has 0 aromatic heterocycles. The third-order valence-corrected chi connectivity index (χ3v) is 5.57. The van der Waals surface area contributed by atoms with Gasteiger partial charge in [0.1, 0.15) is 0 Å². The summed E-state index contributed by atoms with van der Waals surface area (Å²) in [5.41, 5.74) is 2.77. The van der Waals surface area contributed by atoms with E-state index in [2.05, 4.69) is 15.4 Å². The van der Waals surface area contributed by atoms with Gasteiger partial charge in [-0.2, -0.15) is 0 Å². The van der Waals surface area contributed by atoms with Gasteiger partial charge in [-0.1, -0.05) is 23.8 Å². The van der Waals surface area contributed by atoms with Crippen LogP contribution < -0.4 is 15.4 Å². The fourth-order valence-electron chi connectivity index (χ4n) is 2.70. The van der Waals surface area contributed by atoms with Gasteiger partial charge in [-0.3, -0.25) is 14.3 Å². The third kappa shape index (κ3) is 5.45. The summed E-state index contributed by atoms with van der Waals surface area (Å²) in [5.74, 6) is -0.565. The Labute approximate surface area is 175 Å². The van der Waals surface area contributed by atoms with E-state index in [1.165, 1.54) is 43.3 Å². The van der Waals surface area contributed by atoms with Crippen LogP contribution in [0.25, 0.3) is 0 Å². The second-order valence-electron chi connectivity index (χ2n) is 6.71. The van der Waals surface area contributed by atoms with Gasteiger partial charge >= 0.3 is 0 Å². The molecule has 30 heavy (non-hydrogen) atoms. The minimum absolute atomic E-state index is 0.161. The number of carbonyl (C=O) groups excluding carboxylic acids is 2. The lowest BCUT2D eigenvalue weighted by Crippen LogP contribution is -2.14. The van der Waals surface area contributed by atoms with Crippen molar-refractivity contribution in [3.05, 3.63) is 83.9 Å². The van der Waals surface area contributed by atoms with Crippen molar-refractivity contribution in [2.75, 3.05) is 15.4 Å². The van der Waals surface area contributed by atoms with E-state index in [-0.39, 0.29) is 16.7 Å². The fraction of sp³-hybridized carbons (Fsp3) is 0.0909. The monoisotopic (exact) mass is 423 g/mol. The predicted octanol–water partition coefficient (Wildman–Crippen LogP) is 4.01. The van der Waals surface area contributed by atoms with Crippen molar-refractivity contribution < 1.29 is 18.0 Å². The van der Waals surface area contributed by atoms with E-state index in [1.807, 2.05) is 6.92 Å². The Morgan fingerprint density at radius 1 is 0.767 bits per heavy atom. The molecular weight excluding hydrogens is 402 g/mol. The molecule has 8 heteroatoms. The molecule has 0 aliphatic heterocycles. The van der Waals surface area contributed by atoms with E-state index in [9.17, 15) is 18.0 Å². The SMILES string of the molecule is CC(=O)Nc1cccc(NC(=O)c2ccc(NS(=O)(=O)c3ccc(C)cc3)cc2)c1. The summed E-state index contributed by atoms with van der Waals surface area (Å²) in [7, 11) is -3.71. The van der Waals surface area contributed by atoms with Gasteiger partial charge in [0.05, 0.1) is 4.90 Å². The summed E-state index contributed by atoms with van der Waals surface area (Å²) in [5, 5.41) is 5.39. The Hall–Kier alpha value is -3.65. The summed E-state index contributed by atoms with van der Waals surface area (Å²) in [4.78, 5) is 23.8. The maximum absolute atomic E-state index is 12.5. The van der Waals surface area contributed by atoms with Gasteiger partial charge in [0.25, 0.3) is 15.9 Å². The van der Waals surface area contributed by atoms with Crippen LogP contribution in [-0.2, 0) is 14.8 Å². The van der Waals surface area contributed by atoms with Crippen LogP contribution in [0, 0.1) is 6.92 Å². The van der Waals surface area contributed by atoms with E-state index < -0.39 is 10.0 Å². The number of hydrogen-bond acceptors (Lipinski definition) is 4. The smallest absolute Gasteiger partial charge is 0.261 e. The van der Waals surface area contributed by atoms with Gasteiger partial charge in [0.2, 0.25) is 5.91 Å². The molecular formula is C22H21N3O4S. The van der Waals surface area contributed by atoms with Gasteiger partial charge in [-0.15, -0.1) is 0 Å².